The summed E-state index contributed by atoms with van der Waals surface area (Å²) in [6, 6.07) is 40.3. The molecule has 145 heavy (non-hydrogen) atoms. The number of nitriles is 2. The van der Waals surface area contributed by atoms with E-state index in [0.717, 1.165) is 157 Å². The minimum atomic E-state index is -4.66. The van der Waals surface area contributed by atoms with Crippen LogP contribution < -0.4 is 38.1 Å². The van der Waals surface area contributed by atoms with Crippen molar-refractivity contribution in [3.63, 3.8) is 0 Å². The average Bonchev–Trinajstić information content (AvgIpc) is 1.72. The molecule has 1 aliphatic rings. The summed E-state index contributed by atoms with van der Waals surface area (Å²) in [7, 11) is 1.85. The number of rotatable bonds is 20. The molecular formula is C98H77F21N20O5S. The molecule has 1 saturated carbocycles. The molecule has 0 saturated heterocycles. The summed E-state index contributed by atoms with van der Waals surface area (Å²) in [5, 5.41) is 49.4. The Kier molecular flexibility index (Phi) is 32.5. The molecule has 752 valence electrons. The molecule has 5 amide bonds. The minimum Gasteiger partial charge on any atom is -0.398 e. The fourth-order valence-corrected chi connectivity index (χ4v) is 14.8. The standard InChI is InChI=1S/C21H15F5N4O.C20H13F5N4O.C20H18F2N4O.C19H15F5N4O.C18H16F4N4OS/c1-3-30-16(9-17(29-30)21(24,25)26)14-6-5-12(8-13(14)10-27)20(31)28-15-7-4-11(2)18(22)19(15)23;1-2-29-16(9-17(28-29)20(23,24)25)13-7-6-11(8-12(13)10-26)19(30)27-18-14(21)4-3-5-15(18)22;1-26-18(10-17(25-26)11-5-6-11)13-8-7-12(9-16(13)23)20(27)24-19-14(21)3-2-4-15(19)22;1-2-28-15(9-16(27-28)19(22,23)24)11-7-6-10(8-14(11)25)18(29)26-17-12(20)4-3-5-13(17)21;1-9(2)26-14(7-15(25-26)18(20,21)22)12-5-4-11(6-13(12)19)16(27)24-17-10(3)8-23-28-17/h4-9H,3H2,1-2H3,(H,28,31);3-9H,2H2,1H3,(H,27,30);2-4,7-11H,5-6,23H2,1H3,(H,24,27);3-9H,2,25H2,1H3,(H,26,29);4-9H,1-3H3,(H,24,27). The lowest BCUT2D eigenvalue weighted by molar-refractivity contribution is -0.142. The van der Waals surface area contributed by atoms with Crippen LogP contribution in [0, 0.1) is 88.9 Å². The number of nitrogens with one attached hydrogen (secondary N) is 5. The largest absolute Gasteiger partial charge is 0.435 e. The summed E-state index contributed by atoms with van der Waals surface area (Å²) < 4.78 is 291. The summed E-state index contributed by atoms with van der Waals surface area (Å²) in [6.07, 6.45) is -14.7. The second-order valence-electron chi connectivity index (χ2n) is 32.0. The first-order chi connectivity index (χ1) is 68.3. The molecule has 0 bridgehead atoms. The van der Waals surface area contributed by atoms with E-state index in [-0.39, 0.29) is 121 Å². The summed E-state index contributed by atoms with van der Waals surface area (Å²) >= 11 is 1.09. The summed E-state index contributed by atoms with van der Waals surface area (Å²) in [5.74, 6) is -11.9. The van der Waals surface area contributed by atoms with E-state index in [1.807, 2.05) is 25.3 Å². The Morgan fingerprint density at radius 2 is 0.745 bits per heavy atom. The van der Waals surface area contributed by atoms with E-state index in [1.165, 1.54) is 85.8 Å². The summed E-state index contributed by atoms with van der Waals surface area (Å²) in [6.45, 7) is 11.6. The number of aryl methyl sites for hydroxylation is 6. The van der Waals surface area contributed by atoms with Crippen LogP contribution in [0.25, 0.3) is 56.3 Å². The molecule has 0 spiro atoms. The fourth-order valence-electron chi connectivity index (χ4n) is 14.2. The number of aromatic nitrogens is 11. The van der Waals surface area contributed by atoms with Gasteiger partial charge < -0.3 is 38.1 Å². The first-order valence-electron chi connectivity index (χ1n) is 42.9. The van der Waals surface area contributed by atoms with E-state index in [0.29, 0.717) is 16.6 Å². The maximum absolute atomic E-state index is 14.7. The summed E-state index contributed by atoms with van der Waals surface area (Å²) in [5.41, 5.74) is 10.1. The van der Waals surface area contributed by atoms with Crippen molar-refractivity contribution in [2.24, 2.45) is 7.05 Å². The Labute approximate surface area is 812 Å². The minimum absolute atomic E-state index is 0.00918. The number of benzene rings is 9. The van der Waals surface area contributed by atoms with Gasteiger partial charge in [-0.1, -0.05) is 36.4 Å². The van der Waals surface area contributed by atoms with Gasteiger partial charge >= 0.3 is 24.7 Å². The van der Waals surface area contributed by atoms with Crippen LogP contribution in [0.5, 0.6) is 0 Å². The van der Waals surface area contributed by atoms with Crippen LogP contribution in [-0.4, -0.2) is 82.8 Å². The van der Waals surface area contributed by atoms with Crippen molar-refractivity contribution in [2.45, 2.75) is 118 Å². The quantitative estimate of drug-likeness (QED) is 0.0275. The maximum atomic E-state index is 14.7. The van der Waals surface area contributed by atoms with E-state index in [4.69, 9.17) is 11.5 Å². The molecule has 6 aromatic heterocycles. The van der Waals surface area contributed by atoms with Gasteiger partial charge in [-0.05, 0) is 230 Å². The number of nitrogens with zero attached hydrogens (tertiary/aromatic N) is 13. The number of para-hydroxylation sites is 3. The molecule has 15 aromatic rings. The van der Waals surface area contributed by atoms with Crippen molar-refractivity contribution in [1.82, 2.24) is 53.3 Å². The molecule has 1 aliphatic carbocycles. The number of alkyl halides is 12. The van der Waals surface area contributed by atoms with Crippen LogP contribution in [0.4, 0.5) is 131 Å². The lowest BCUT2D eigenvalue weighted by Crippen LogP contribution is -2.14. The normalized spacial score (nSPS) is 11.9. The molecule has 0 radical (unpaired) electrons. The van der Waals surface area contributed by atoms with Crippen LogP contribution in [0.15, 0.2) is 194 Å². The van der Waals surface area contributed by atoms with Crippen LogP contribution in [0.3, 0.4) is 0 Å². The third-order valence-corrected chi connectivity index (χ3v) is 22.5. The van der Waals surface area contributed by atoms with E-state index < -0.39 is 152 Å². The molecule has 47 heteroatoms. The number of hydrogen-bond donors (Lipinski definition) is 7. The average molecular weight is 2050 g/mol. The predicted molar refractivity (Wildman–Crippen MR) is 494 cm³/mol. The van der Waals surface area contributed by atoms with Crippen molar-refractivity contribution in [1.29, 1.82) is 10.5 Å². The Bertz CT molecular complexity index is 7480. The number of halogens is 21. The van der Waals surface area contributed by atoms with Crippen LogP contribution in [0.1, 0.15) is 162 Å². The van der Waals surface area contributed by atoms with Crippen LogP contribution in [-0.2, 0) is 51.4 Å². The lowest BCUT2D eigenvalue weighted by atomic mass is 10.0. The predicted octanol–water partition coefficient (Wildman–Crippen LogP) is 24.4. The molecule has 6 heterocycles. The van der Waals surface area contributed by atoms with Crippen molar-refractivity contribution >= 4 is 80.2 Å². The van der Waals surface area contributed by atoms with Crippen molar-refractivity contribution in [3.8, 4) is 68.4 Å². The smallest absolute Gasteiger partial charge is 0.398 e. The molecule has 1 fully saturated rings. The number of carbonyl (C=O) groups is 5. The van der Waals surface area contributed by atoms with E-state index in [1.54, 1.807) is 64.6 Å². The number of amides is 5. The maximum Gasteiger partial charge on any atom is 0.435 e. The van der Waals surface area contributed by atoms with Gasteiger partial charge in [0.25, 0.3) is 29.5 Å². The molecule has 9 N–H and O–H groups in total. The van der Waals surface area contributed by atoms with Gasteiger partial charge in [-0.2, -0.15) is 93.1 Å². The molecule has 16 rings (SSSR count). The Balaban J connectivity index is 0.000000161. The van der Waals surface area contributed by atoms with Gasteiger partial charge in [0.1, 0.15) is 62.8 Å². The topological polar surface area (TPSA) is 347 Å². The number of hydrogen-bond acceptors (Lipinski definition) is 16. The molecule has 9 aromatic carbocycles. The van der Waals surface area contributed by atoms with Gasteiger partial charge in [0.05, 0.1) is 63.1 Å². The van der Waals surface area contributed by atoms with Crippen molar-refractivity contribution in [3.05, 3.63) is 325 Å². The third kappa shape index (κ3) is 25.0. The molecule has 25 nitrogen and oxygen atoms in total. The SMILES string of the molecule is CCn1nc(C(F)(F)F)cc1-c1ccc(C(=O)Nc2c(F)cccc2F)cc1C#N.CCn1nc(C(F)(F)F)cc1-c1ccc(C(=O)Nc2c(F)cccc2F)cc1N.CCn1nc(C(F)(F)F)cc1-c1ccc(C(=O)Nc2ccc(C)c(F)c2F)cc1C#N.Cc1cnsc1NC(=O)c1ccc(-c2cc(C(F)(F)F)nn2C(C)C)c(F)c1.Cn1nc(C2CC2)cc1-c1ccc(C(=O)Nc2c(F)cccc2F)cc1N. The van der Waals surface area contributed by atoms with Gasteiger partial charge in [-0.25, -0.2) is 39.5 Å². The van der Waals surface area contributed by atoms with Crippen molar-refractivity contribution < 1.29 is 116 Å². The highest BCUT2D eigenvalue weighted by atomic mass is 32.1. The first kappa shape index (κ1) is 107. The van der Waals surface area contributed by atoms with E-state index in [2.05, 4.69) is 56.5 Å². The highest BCUT2D eigenvalue weighted by Gasteiger charge is 2.40. The Morgan fingerprint density at radius 1 is 0.400 bits per heavy atom. The Morgan fingerprint density at radius 3 is 1.10 bits per heavy atom. The van der Waals surface area contributed by atoms with Gasteiger partial charge in [-0.15, -0.1) is 0 Å². The molecule has 0 unspecified atom stereocenters. The van der Waals surface area contributed by atoms with Crippen LogP contribution in [0.2, 0.25) is 0 Å². The zero-order valence-corrected chi connectivity index (χ0v) is 77.3. The third-order valence-electron chi connectivity index (χ3n) is 21.7. The lowest BCUT2D eigenvalue weighted by Gasteiger charge is -2.12. The van der Waals surface area contributed by atoms with E-state index >= 15 is 0 Å². The first-order valence-corrected chi connectivity index (χ1v) is 43.7. The number of nitrogens with two attached hydrogens (primary N) is 2. The number of anilines is 7. The fraction of sp³-hybridized carbons (Fsp3) is 0.194. The second kappa shape index (κ2) is 44.1. The zero-order chi connectivity index (χ0) is 106. The van der Waals surface area contributed by atoms with Gasteiger partial charge in [0, 0.05) is 117 Å². The second-order valence-corrected chi connectivity index (χ2v) is 32.8. The van der Waals surface area contributed by atoms with Crippen LogP contribution >= 0.6 is 11.5 Å². The highest BCUT2D eigenvalue weighted by Crippen LogP contribution is 2.44. The number of carbonyl (C=O) groups excluding carboxylic acids is 5. The van der Waals surface area contributed by atoms with Gasteiger partial charge in [-0.3, -0.25) is 47.4 Å². The highest BCUT2D eigenvalue weighted by molar-refractivity contribution is 7.10. The monoisotopic (exact) mass is 2040 g/mol. The summed E-state index contributed by atoms with van der Waals surface area (Å²) in [4.78, 5) is 61.8. The Hall–Kier alpha value is -16.9. The number of nitrogen functional groups attached to an aromatic ring is 2. The zero-order valence-electron chi connectivity index (χ0n) is 76.5. The van der Waals surface area contributed by atoms with Gasteiger partial charge in [0.15, 0.2) is 34.4 Å². The van der Waals surface area contributed by atoms with Crippen molar-refractivity contribution in [2.75, 3.05) is 38.1 Å². The van der Waals surface area contributed by atoms with Gasteiger partial charge in [0.2, 0.25) is 0 Å². The van der Waals surface area contributed by atoms with E-state index in [9.17, 15) is 127 Å². The molecule has 0 aliphatic heterocycles. The molecule has 0 atom stereocenters. The molecular weight excluding hydrogens is 1970 g/mol.